The van der Waals surface area contributed by atoms with Gasteiger partial charge in [-0.25, -0.2) is 9.78 Å². The summed E-state index contributed by atoms with van der Waals surface area (Å²) in [6, 6.07) is 10.8. The van der Waals surface area contributed by atoms with E-state index < -0.39 is 11.2 Å². The van der Waals surface area contributed by atoms with Crippen molar-refractivity contribution in [3.05, 3.63) is 92.0 Å². The molecule has 8 nitrogen and oxygen atoms in total. The number of halogens is 1. The topological polar surface area (TPSA) is 99.2 Å². The van der Waals surface area contributed by atoms with Crippen LogP contribution in [0.2, 0.25) is 5.02 Å². The fourth-order valence-electron chi connectivity index (χ4n) is 3.52. The molecule has 32 heavy (non-hydrogen) atoms. The molecule has 164 valence electrons. The minimum Gasteiger partial charge on any atom is -0.454 e. The molecule has 0 aliphatic carbocycles. The van der Waals surface area contributed by atoms with E-state index >= 15 is 0 Å². The smallest absolute Gasteiger partial charge is 0.332 e. The van der Waals surface area contributed by atoms with Crippen molar-refractivity contribution >= 4 is 22.6 Å². The molecule has 0 saturated carbocycles. The fourth-order valence-corrected chi connectivity index (χ4v) is 3.65. The summed E-state index contributed by atoms with van der Waals surface area (Å²) >= 11 is 6.03. The molecule has 1 N–H and O–H groups in total. The van der Waals surface area contributed by atoms with Crippen molar-refractivity contribution in [3.63, 3.8) is 0 Å². The van der Waals surface area contributed by atoms with Crippen LogP contribution in [0.4, 0.5) is 0 Å². The molecule has 0 atom stereocenters. The van der Waals surface area contributed by atoms with Gasteiger partial charge >= 0.3 is 5.69 Å². The summed E-state index contributed by atoms with van der Waals surface area (Å²) in [4.78, 5) is 34.6. The number of nitrogens with zero attached hydrogens (tertiary/aromatic N) is 4. The van der Waals surface area contributed by atoms with Crippen LogP contribution in [0.3, 0.4) is 0 Å². The average molecular weight is 453 g/mol. The van der Waals surface area contributed by atoms with Crippen molar-refractivity contribution in [3.8, 4) is 11.5 Å². The second-order valence-corrected chi connectivity index (χ2v) is 7.71. The summed E-state index contributed by atoms with van der Waals surface area (Å²) in [5.41, 5.74) is 0.821. The van der Waals surface area contributed by atoms with E-state index in [-0.39, 0.29) is 25.2 Å². The van der Waals surface area contributed by atoms with E-state index in [4.69, 9.17) is 16.3 Å². The fraction of sp³-hybridized carbons (Fsp3) is 0.217. The maximum atomic E-state index is 13.4. The molecule has 0 bridgehead atoms. The number of ether oxygens (including phenoxy) is 1. The van der Waals surface area contributed by atoms with Gasteiger partial charge in [-0.15, -0.1) is 0 Å². The highest BCUT2D eigenvalue weighted by Gasteiger charge is 2.20. The predicted molar refractivity (Wildman–Crippen MR) is 122 cm³/mol. The summed E-state index contributed by atoms with van der Waals surface area (Å²) in [7, 11) is 1.57. The number of rotatable bonds is 7. The van der Waals surface area contributed by atoms with Crippen LogP contribution >= 0.6 is 11.6 Å². The molecule has 0 unspecified atom stereocenters. The Bertz CT molecular complexity index is 1370. The third kappa shape index (κ3) is 4.28. The molecule has 0 spiro atoms. The lowest BCUT2D eigenvalue weighted by molar-refractivity contribution is 0.277. The van der Waals surface area contributed by atoms with Crippen LogP contribution in [-0.4, -0.2) is 30.8 Å². The molecular formula is C23H21ClN4O4. The first-order valence-electron chi connectivity index (χ1n) is 10.0. The Morgan fingerprint density at radius 3 is 2.59 bits per heavy atom. The first-order chi connectivity index (χ1) is 15.5. The molecule has 4 rings (SSSR count). The van der Waals surface area contributed by atoms with E-state index in [1.165, 1.54) is 10.8 Å². The molecule has 0 saturated heterocycles. The average Bonchev–Trinajstić information content (AvgIpc) is 2.80. The van der Waals surface area contributed by atoms with Gasteiger partial charge in [-0.2, -0.15) is 0 Å². The zero-order chi connectivity index (χ0) is 22.7. The minimum absolute atomic E-state index is 0.103. The number of aromatic nitrogens is 4. The number of aliphatic hydroxyl groups is 1. The Morgan fingerprint density at radius 2 is 1.91 bits per heavy atom. The van der Waals surface area contributed by atoms with Crippen molar-refractivity contribution in [2.24, 2.45) is 7.05 Å². The lowest BCUT2D eigenvalue weighted by Crippen LogP contribution is -2.40. The summed E-state index contributed by atoms with van der Waals surface area (Å²) in [5, 5.41) is 10.1. The van der Waals surface area contributed by atoms with E-state index in [1.807, 2.05) is 12.1 Å². The molecule has 0 fully saturated rings. The second-order valence-electron chi connectivity index (χ2n) is 7.27. The van der Waals surface area contributed by atoms with Gasteiger partial charge < -0.3 is 9.84 Å². The van der Waals surface area contributed by atoms with Crippen LogP contribution in [0.25, 0.3) is 11.0 Å². The molecule has 3 aromatic heterocycles. The second kappa shape index (κ2) is 9.33. The van der Waals surface area contributed by atoms with E-state index in [2.05, 4.69) is 9.97 Å². The van der Waals surface area contributed by atoms with E-state index in [1.54, 1.807) is 43.7 Å². The molecule has 0 radical (unpaired) electrons. The van der Waals surface area contributed by atoms with Gasteiger partial charge in [0.25, 0.3) is 5.56 Å². The highest BCUT2D eigenvalue weighted by Crippen LogP contribution is 2.30. The first-order valence-corrected chi connectivity index (χ1v) is 10.4. The lowest BCUT2D eigenvalue weighted by atomic mass is 10.0. The van der Waals surface area contributed by atoms with Crippen LogP contribution in [0, 0.1) is 0 Å². The van der Waals surface area contributed by atoms with E-state index in [9.17, 15) is 14.7 Å². The number of aliphatic hydroxyl groups excluding tert-OH is 1. The Morgan fingerprint density at radius 1 is 1.12 bits per heavy atom. The Labute approximate surface area is 188 Å². The molecule has 1 aromatic carbocycles. The van der Waals surface area contributed by atoms with Crippen molar-refractivity contribution in [2.75, 3.05) is 6.61 Å². The number of hydrogen-bond donors (Lipinski definition) is 1. The van der Waals surface area contributed by atoms with E-state index in [0.717, 1.165) is 10.1 Å². The van der Waals surface area contributed by atoms with Crippen molar-refractivity contribution in [1.82, 2.24) is 19.1 Å². The summed E-state index contributed by atoms with van der Waals surface area (Å²) in [6.45, 7) is -0.0281. The minimum atomic E-state index is -0.484. The standard InChI is InChI=1S/C23H21ClN4O4/c1-27-21-20(22(30)28(23(27)31)10-3-11-29)18(12-15-5-7-16(24)8-6-15)19(14-26-21)32-17-4-2-9-25-13-17/h2,4-9,13-14,29H,3,10-12H2,1H3. The molecule has 0 amide bonds. The third-order valence-corrected chi connectivity index (χ3v) is 5.37. The highest BCUT2D eigenvalue weighted by atomic mass is 35.5. The normalized spacial score (nSPS) is 11.1. The molecule has 0 aliphatic heterocycles. The maximum absolute atomic E-state index is 13.4. The SMILES string of the molecule is Cn1c(=O)n(CCCO)c(=O)c2c(Cc3ccc(Cl)cc3)c(Oc3cccnc3)cnc21. The van der Waals surface area contributed by atoms with Gasteiger partial charge in [0.1, 0.15) is 17.1 Å². The zero-order valence-electron chi connectivity index (χ0n) is 17.4. The number of aryl methyl sites for hydroxylation is 1. The Hall–Kier alpha value is -3.49. The number of hydrogen-bond acceptors (Lipinski definition) is 6. The third-order valence-electron chi connectivity index (χ3n) is 5.12. The van der Waals surface area contributed by atoms with Crippen molar-refractivity contribution in [2.45, 2.75) is 19.4 Å². The first kappa shape index (κ1) is 21.7. The van der Waals surface area contributed by atoms with E-state index in [0.29, 0.717) is 33.9 Å². The zero-order valence-corrected chi connectivity index (χ0v) is 18.1. The number of pyridine rings is 2. The predicted octanol–water partition coefficient (Wildman–Crippen LogP) is 2.91. The van der Waals surface area contributed by atoms with Gasteiger partial charge in [0.15, 0.2) is 0 Å². The van der Waals surface area contributed by atoms with Crippen molar-refractivity contribution < 1.29 is 9.84 Å². The molecule has 9 heteroatoms. The number of benzene rings is 1. The van der Waals surface area contributed by atoms with Gasteiger partial charge in [0.05, 0.1) is 17.8 Å². The molecular weight excluding hydrogens is 432 g/mol. The lowest BCUT2D eigenvalue weighted by Gasteiger charge is -2.16. The van der Waals surface area contributed by atoms with Crippen molar-refractivity contribution in [1.29, 1.82) is 0 Å². The molecule has 3 heterocycles. The maximum Gasteiger partial charge on any atom is 0.332 e. The number of fused-ring (bicyclic) bond motifs is 1. The van der Waals surface area contributed by atoms with Gasteiger partial charge in [-0.1, -0.05) is 23.7 Å². The molecule has 4 aromatic rings. The Balaban J connectivity index is 1.97. The quantitative estimate of drug-likeness (QED) is 0.463. The van der Waals surface area contributed by atoms with Crippen LogP contribution in [-0.2, 0) is 20.0 Å². The summed E-state index contributed by atoms with van der Waals surface area (Å²) in [6.07, 6.45) is 5.36. The molecule has 0 aliphatic rings. The van der Waals surface area contributed by atoms with Crippen LogP contribution in [0.5, 0.6) is 11.5 Å². The van der Waals surface area contributed by atoms with Crippen LogP contribution in [0.15, 0.2) is 64.6 Å². The van der Waals surface area contributed by atoms with Gasteiger partial charge in [-0.05, 0) is 36.2 Å². The summed E-state index contributed by atoms with van der Waals surface area (Å²) in [5.74, 6) is 0.890. The monoisotopic (exact) mass is 452 g/mol. The van der Waals surface area contributed by atoms with Crippen LogP contribution in [0.1, 0.15) is 17.5 Å². The van der Waals surface area contributed by atoms with Gasteiger partial charge in [0.2, 0.25) is 0 Å². The summed E-state index contributed by atoms with van der Waals surface area (Å²) < 4.78 is 8.50. The van der Waals surface area contributed by atoms with Gasteiger partial charge in [-0.3, -0.25) is 18.9 Å². The highest BCUT2D eigenvalue weighted by molar-refractivity contribution is 6.30. The Kier molecular flexibility index (Phi) is 6.34. The van der Waals surface area contributed by atoms with Crippen LogP contribution < -0.4 is 16.0 Å². The van der Waals surface area contributed by atoms with Gasteiger partial charge in [0, 0.05) is 43.4 Å². The largest absolute Gasteiger partial charge is 0.454 e.